The van der Waals surface area contributed by atoms with Crippen molar-refractivity contribution < 1.29 is 9.90 Å². The number of carboxylic acids is 1. The minimum atomic E-state index is -1.03. The summed E-state index contributed by atoms with van der Waals surface area (Å²) < 4.78 is 0. The Bertz CT molecular complexity index is 1130. The number of hydrogen-bond donors (Lipinski definition) is 2. The molecule has 0 amide bonds. The fourth-order valence-corrected chi connectivity index (χ4v) is 2.70. The maximum Gasteiger partial charge on any atom is 0.337 e. The highest BCUT2D eigenvalue weighted by molar-refractivity contribution is 6.08. The second-order valence-corrected chi connectivity index (χ2v) is 5.09. The van der Waals surface area contributed by atoms with Gasteiger partial charge >= 0.3 is 5.97 Å². The van der Waals surface area contributed by atoms with Crippen LogP contribution in [0.5, 0.6) is 0 Å². The first-order chi connectivity index (χ1) is 10.6. The molecule has 0 atom stereocenters. The van der Waals surface area contributed by atoms with Crippen LogP contribution < -0.4 is 5.43 Å². The van der Waals surface area contributed by atoms with Crippen LogP contribution in [0, 0.1) is 0 Å². The van der Waals surface area contributed by atoms with Crippen molar-refractivity contribution in [3.63, 3.8) is 0 Å². The van der Waals surface area contributed by atoms with E-state index >= 15 is 0 Å². The van der Waals surface area contributed by atoms with Crippen molar-refractivity contribution in [1.82, 2.24) is 9.97 Å². The quantitative estimate of drug-likeness (QED) is 0.417. The Balaban J connectivity index is 2.25. The number of H-pyrrole nitrogens is 1. The van der Waals surface area contributed by atoms with Gasteiger partial charge in [0.05, 0.1) is 22.1 Å². The number of nitrogens with one attached hydrogen (secondary N) is 1. The first kappa shape index (κ1) is 12.5. The Labute approximate surface area is 123 Å². The van der Waals surface area contributed by atoms with E-state index in [2.05, 4.69) is 9.97 Å². The predicted octanol–water partition coefficient (Wildman–Crippen LogP) is 2.93. The van der Waals surface area contributed by atoms with E-state index in [0.29, 0.717) is 21.9 Å². The van der Waals surface area contributed by atoms with Gasteiger partial charge in [-0.1, -0.05) is 18.2 Å². The Hall–Kier alpha value is -3.21. The van der Waals surface area contributed by atoms with Gasteiger partial charge in [-0.2, -0.15) is 0 Å². The smallest absolute Gasteiger partial charge is 0.337 e. The molecule has 0 aliphatic carbocycles. The minimum absolute atomic E-state index is 0.103. The third-order valence-corrected chi connectivity index (χ3v) is 3.72. The molecule has 0 fully saturated rings. The number of aromatic amines is 1. The molecule has 0 spiro atoms. The molecule has 4 rings (SSSR count). The average molecular weight is 290 g/mol. The third-order valence-electron chi connectivity index (χ3n) is 3.72. The second kappa shape index (κ2) is 4.39. The van der Waals surface area contributed by atoms with Crippen LogP contribution in [0.2, 0.25) is 0 Å². The van der Waals surface area contributed by atoms with E-state index < -0.39 is 5.97 Å². The third kappa shape index (κ3) is 1.76. The fraction of sp³-hybridized carbons (Fsp3) is 0. The van der Waals surface area contributed by atoms with Crippen molar-refractivity contribution in [3.8, 4) is 0 Å². The summed E-state index contributed by atoms with van der Waals surface area (Å²) in [6.45, 7) is 0. The summed E-state index contributed by atoms with van der Waals surface area (Å²) in [5, 5.41) is 10.9. The molecule has 4 aromatic rings. The van der Waals surface area contributed by atoms with Crippen molar-refractivity contribution in [3.05, 3.63) is 64.3 Å². The molecular weight excluding hydrogens is 280 g/mol. The number of nitrogens with zero attached hydrogens (tertiary/aromatic N) is 1. The second-order valence-electron chi connectivity index (χ2n) is 5.09. The Kier molecular flexibility index (Phi) is 2.50. The van der Waals surface area contributed by atoms with Crippen molar-refractivity contribution in [2.75, 3.05) is 0 Å². The van der Waals surface area contributed by atoms with Gasteiger partial charge in [0.15, 0.2) is 5.43 Å². The van der Waals surface area contributed by atoms with Crippen molar-refractivity contribution >= 4 is 38.8 Å². The van der Waals surface area contributed by atoms with Crippen molar-refractivity contribution in [2.45, 2.75) is 0 Å². The molecule has 0 bridgehead atoms. The molecule has 5 heteroatoms. The number of aromatic carboxylic acids is 1. The summed E-state index contributed by atoms with van der Waals surface area (Å²) in [6, 6.07) is 13.5. The molecular formula is C17H10N2O3. The number of carboxylic acid groups (broad SMARTS) is 1. The average Bonchev–Trinajstić information content (AvgIpc) is 2.52. The maximum absolute atomic E-state index is 11.6. The van der Waals surface area contributed by atoms with Crippen LogP contribution in [0.1, 0.15) is 10.4 Å². The largest absolute Gasteiger partial charge is 0.478 e. The number of rotatable bonds is 1. The molecule has 22 heavy (non-hydrogen) atoms. The van der Waals surface area contributed by atoms with Gasteiger partial charge in [0.25, 0.3) is 0 Å². The van der Waals surface area contributed by atoms with Crippen LogP contribution >= 0.6 is 0 Å². The van der Waals surface area contributed by atoms with Gasteiger partial charge in [-0.25, -0.2) is 9.78 Å². The van der Waals surface area contributed by atoms with Crippen LogP contribution in [-0.2, 0) is 0 Å². The molecule has 0 saturated heterocycles. The number of hydrogen-bond acceptors (Lipinski definition) is 3. The van der Waals surface area contributed by atoms with E-state index in [1.807, 2.05) is 12.1 Å². The van der Waals surface area contributed by atoms with Crippen LogP contribution in [0.15, 0.2) is 53.3 Å². The molecule has 0 unspecified atom stereocenters. The first-order valence-electron chi connectivity index (χ1n) is 6.72. The lowest BCUT2D eigenvalue weighted by Crippen LogP contribution is -2.01. The van der Waals surface area contributed by atoms with Gasteiger partial charge in [0, 0.05) is 5.39 Å². The zero-order valence-electron chi connectivity index (χ0n) is 11.3. The molecule has 1 aromatic heterocycles. The Morgan fingerprint density at radius 3 is 2.59 bits per heavy atom. The van der Waals surface area contributed by atoms with E-state index in [0.717, 1.165) is 10.9 Å². The van der Waals surface area contributed by atoms with Crippen molar-refractivity contribution in [1.29, 1.82) is 0 Å². The van der Waals surface area contributed by atoms with E-state index in [-0.39, 0.29) is 11.0 Å². The summed E-state index contributed by atoms with van der Waals surface area (Å²) in [6.07, 6.45) is 0. The maximum atomic E-state index is 11.6. The van der Waals surface area contributed by atoms with Crippen LogP contribution in [0.25, 0.3) is 32.8 Å². The highest BCUT2D eigenvalue weighted by atomic mass is 16.4. The van der Waals surface area contributed by atoms with Gasteiger partial charge < -0.3 is 10.1 Å². The lowest BCUT2D eigenvalue weighted by atomic mass is 10.1. The van der Waals surface area contributed by atoms with Gasteiger partial charge in [-0.05, 0) is 35.7 Å². The lowest BCUT2D eigenvalue weighted by molar-refractivity contribution is 0.0699. The Morgan fingerprint density at radius 1 is 1.00 bits per heavy atom. The molecule has 106 valence electrons. The predicted molar refractivity (Wildman–Crippen MR) is 84.3 cm³/mol. The molecule has 3 aromatic carbocycles. The monoisotopic (exact) mass is 290 g/mol. The molecule has 0 aliphatic rings. The number of fused-ring (bicyclic) bond motifs is 4. The van der Waals surface area contributed by atoms with Crippen LogP contribution in [0.4, 0.5) is 0 Å². The Morgan fingerprint density at radius 2 is 1.77 bits per heavy atom. The highest BCUT2D eigenvalue weighted by Crippen LogP contribution is 2.25. The standard InChI is InChI=1S/C17H10N2O3/c20-10-6-4-9-5-7-14-16(12(9)8-10)19-15-11(17(21)22)2-1-3-13(15)18-14/h1-8,18H,(H,21,22). The lowest BCUT2D eigenvalue weighted by Gasteiger charge is -2.07. The molecule has 0 radical (unpaired) electrons. The molecule has 5 nitrogen and oxygen atoms in total. The number of benzene rings is 3. The summed E-state index contributed by atoms with van der Waals surface area (Å²) >= 11 is 0. The zero-order valence-corrected chi connectivity index (χ0v) is 11.3. The van der Waals surface area contributed by atoms with Crippen molar-refractivity contribution in [2.24, 2.45) is 0 Å². The van der Waals surface area contributed by atoms with Crippen LogP contribution in [-0.4, -0.2) is 21.0 Å². The fourth-order valence-electron chi connectivity index (χ4n) is 2.70. The number of para-hydroxylation sites is 1. The topological polar surface area (TPSA) is 83.0 Å². The molecule has 1 heterocycles. The summed E-state index contributed by atoms with van der Waals surface area (Å²) in [4.78, 5) is 30.7. The van der Waals surface area contributed by atoms with E-state index in [4.69, 9.17) is 0 Å². The van der Waals surface area contributed by atoms with E-state index in [1.165, 1.54) is 18.2 Å². The molecule has 2 N–H and O–H groups in total. The number of aromatic nitrogens is 2. The summed E-state index contributed by atoms with van der Waals surface area (Å²) in [5.41, 5.74) is 2.40. The number of carbonyl (C=O) groups is 1. The van der Waals surface area contributed by atoms with Gasteiger partial charge in [-0.3, -0.25) is 4.79 Å². The summed E-state index contributed by atoms with van der Waals surface area (Å²) in [5.74, 6) is -1.03. The zero-order chi connectivity index (χ0) is 15.3. The minimum Gasteiger partial charge on any atom is -0.478 e. The van der Waals surface area contributed by atoms with E-state index in [1.54, 1.807) is 18.2 Å². The van der Waals surface area contributed by atoms with Gasteiger partial charge in [-0.15, -0.1) is 0 Å². The molecule has 0 saturated carbocycles. The van der Waals surface area contributed by atoms with E-state index in [9.17, 15) is 14.7 Å². The highest BCUT2D eigenvalue weighted by Gasteiger charge is 2.12. The SMILES string of the molecule is O=C(O)c1cccc2[nH]c3ccc4ccc(=O)cc4c3nc12. The van der Waals surface area contributed by atoms with Gasteiger partial charge in [0.1, 0.15) is 5.52 Å². The molecule has 0 aliphatic heterocycles. The summed E-state index contributed by atoms with van der Waals surface area (Å²) in [7, 11) is 0. The first-order valence-corrected chi connectivity index (χ1v) is 6.72. The normalized spacial score (nSPS) is 11.3. The van der Waals surface area contributed by atoms with Gasteiger partial charge in [0.2, 0.25) is 0 Å². The van der Waals surface area contributed by atoms with Crippen LogP contribution in [0.3, 0.4) is 0 Å².